The number of carbonyl (C=O) groups is 1. The molecule has 0 radical (unpaired) electrons. The van der Waals surface area contributed by atoms with E-state index in [0.717, 1.165) is 29.3 Å². The van der Waals surface area contributed by atoms with Gasteiger partial charge in [-0.1, -0.05) is 0 Å². The van der Waals surface area contributed by atoms with Gasteiger partial charge in [0.25, 0.3) is 0 Å². The summed E-state index contributed by atoms with van der Waals surface area (Å²) in [5.74, 6) is 1.99. The molecule has 2 N–H and O–H groups in total. The van der Waals surface area contributed by atoms with E-state index in [1.807, 2.05) is 26.0 Å². The molecule has 0 spiro atoms. The molecule has 0 saturated heterocycles. The first kappa shape index (κ1) is 13.7. The normalized spacial score (nSPS) is 15.3. The molecule has 2 aromatic rings. The lowest BCUT2D eigenvalue weighted by Crippen LogP contribution is -2.19. The van der Waals surface area contributed by atoms with Crippen molar-refractivity contribution in [1.82, 2.24) is 0 Å². The molecule has 1 aromatic heterocycles. The highest BCUT2D eigenvalue weighted by molar-refractivity contribution is 5.94. The first-order chi connectivity index (χ1) is 10.0. The molecule has 1 aromatic carbocycles. The lowest BCUT2D eigenvalue weighted by atomic mass is 10.0. The molecule has 1 unspecified atom stereocenters. The van der Waals surface area contributed by atoms with Crippen LogP contribution in [0.5, 0.6) is 0 Å². The number of fused-ring (bicyclic) bond motifs is 1. The molecular weight excluding hydrogens is 264 g/mol. The van der Waals surface area contributed by atoms with Gasteiger partial charge in [-0.25, -0.2) is 0 Å². The maximum absolute atomic E-state index is 11.4. The SMILES string of the molecule is Cc1cc(C(C)Nc2ccc3c(c2)CCC(=O)N3)c(C)o1. The van der Waals surface area contributed by atoms with Crippen molar-refractivity contribution in [2.24, 2.45) is 0 Å². The number of aryl methyl sites for hydroxylation is 3. The number of nitrogens with one attached hydrogen (secondary N) is 2. The quantitative estimate of drug-likeness (QED) is 0.897. The predicted octanol–water partition coefficient (Wildman–Crippen LogP) is 3.95. The summed E-state index contributed by atoms with van der Waals surface area (Å²) in [5.41, 5.74) is 4.36. The monoisotopic (exact) mass is 284 g/mol. The summed E-state index contributed by atoms with van der Waals surface area (Å²) in [6, 6.07) is 8.34. The molecule has 4 heteroatoms. The van der Waals surface area contributed by atoms with Crippen molar-refractivity contribution in [3.05, 3.63) is 46.9 Å². The van der Waals surface area contributed by atoms with Crippen molar-refractivity contribution < 1.29 is 9.21 Å². The van der Waals surface area contributed by atoms with Crippen LogP contribution in [0.2, 0.25) is 0 Å². The zero-order chi connectivity index (χ0) is 15.0. The van der Waals surface area contributed by atoms with Crippen LogP contribution in [0.3, 0.4) is 0 Å². The Morgan fingerprint density at radius 3 is 2.76 bits per heavy atom. The van der Waals surface area contributed by atoms with Gasteiger partial charge in [-0.05, 0) is 57.0 Å². The summed E-state index contributed by atoms with van der Waals surface area (Å²) in [5, 5.41) is 6.40. The zero-order valence-electron chi connectivity index (χ0n) is 12.6. The Kier molecular flexibility index (Phi) is 3.45. The van der Waals surface area contributed by atoms with Gasteiger partial charge in [0.1, 0.15) is 11.5 Å². The molecule has 2 heterocycles. The lowest BCUT2D eigenvalue weighted by Gasteiger charge is -2.20. The fourth-order valence-electron chi connectivity index (χ4n) is 2.88. The molecule has 110 valence electrons. The van der Waals surface area contributed by atoms with Crippen LogP contribution in [-0.2, 0) is 11.2 Å². The molecule has 0 saturated carbocycles. The van der Waals surface area contributed by atoms with Crippen molar-refractivity contribution in [3.8, 4) is 0 Å². The van der Waals surface area contributed by atoms with Crippen molar-refractivity contribution in [3.63, 3.8) is 0 Å². The standard InChI is InChI=1S/C17H20N2O2/c1-10-8-15(12(3)21-10)11(2)18-14-5-6-16-13(9-14)4-7-17(20)19-16/h5-6,8-9,11,18H,4,7H2,1-3H3,(H,19,20). The van der Waals surface area contributed by atoms with Gasteiger partial charge in [0.05, 0.1) is 6.04 Å². The van der Waals surface area contributed by atoms with Crippen molar-refractivity contribution >= 4 is 17.3 Å². The van der Waals surface area contributed by atoms with Gasteiger partial charge >= 0.3 is 0 Å². The van der Waals surface area contributed by atoms with E-state index >= 15 is 0 Å². The molecule has 3 rings (SSSR count). The van der Waals surface area contributed by atoms with Crippen molar-refractivity contribution in [2.45, 2.75) is 39.7 Å². The highest BCUT2D eigenvalue weighted by Crippen LogP contribution is 2.29. The van der Waals surface area contributed by atoms with Crippen LogP contribution < -0.4 is 10.6 Å². The van der Waals surface area contributed by atoms with E-state index in [-0.39, 0.29) is 11.9 Å². The van der Waals surface area contributed by atoms with Gasteiger partial charge in [-0.2, -0.15) is 0 Å². The number of anilines is 2. The molecule has 1 atom stereocenters. The smallest absolute Gasteiger partial charge is 0.224 e. The second kappa shape index (κ2) is 5.28. The minimum Gasteiger partial charge on any atom is -0.466 e. The average Bonchev–Trinajstić information content (AvgIpc) is 2.78. The van der Waals surface area contributed by atoms with E-state index in [9.17, 15) is 4.79 Å². The first-order valence-corrected chi connectivity index (χ1v) is 7.29. The van der Waals surface area contributed by atoms with E-state index in [2.05, 4.69) is 29.7 Å². The zero-order valence-corrected chi connectivity index (χ0v) is 12.6. The van der Waals surface area contributed by atoms with Crippen molar-refractivity contribution in [1.29, 1.82) is 0 Å². The lowest BCUT2D eigenvalue weighted by molar-refractivity contribution is -0.116. The van der Waals surface area contributed by atoms with Crippen molar-refractivity contribution in [2.75, 3.05) is 10.6 Å². The highest BCUT2D eigenvalue weighted by atomic mass is 16.3. The topological polar surface area (TPSA) is 54.3 Å². The number of amides is 1. The number of benzene rings is 1. The number of hydrogen-bond acceptors (Lipinski definition) is 3. The van der Waals surface area contributed by atoms with E-state index in [1.54, 1.807) is 0 Å². The molecule has 1 amide bonds. The fraction of sp³-hybridized carbons (Fsp3) is 0.353. The minimum atomic E-state index is 0.0982. The number of furan rings is 1. The van der Waals surface area contributed by atoms with Gasteiger partial charge in [-0.15, -0.1) is 0 Å². The fourth-order valence-corrected chi connectivity index (χ4v) is 2.88. The minimum absolute atomic E-state index is 0.0982. The van der Waals surface area contributed by atoms with Gasteiger partial charge in [0.15, 0.2) is 0 Å². The van der Waals surface area contributed by atoms with Crippen LogP contribution in [0.4, 0.5) is 11.4 Å². The summed E-state index contributed by atoms with van der Waals surface area (Å²) in [6.07, 6.45) is 1.36. The van der Waals surface area contributed by atoms with E-state index < -0.39 is 0 Å². The van der Waals surface area contributed by atoms with Crippen LogP contribution in [0.25, 0.3) is 0 Å². The summed E-state index contributed by atoms with van der Waals surface area (Å²) < 4.78 is 5.59. The third-order valence-electron chi connectivity index (χ3n) is 3.93. The molecule has 1 aliphatic rings. The van der Waals surface area contributed by atoms with Gasteiger partial charge in [0.2, 0.25) is 5.91 Å². The number of rotatable bonds is 3. The van der Waals surface area contributed by atoms with Gasteiger partial charge in [-0.3, -0.25) is 4.79 Å². The Balaban J connectivity index is 1.79. The van der Waals surface area contributed by atoms with Gasteiger partial charge < -0.3 is 15.1 Å². The highest BCUT2D eigenvalue weighted by Gasteiger charge is 2.16. The summed E-state index contributed by atoms with van der Waals surface area (Å²) in [6.45, 7) is 6.08. The number of carbonyl (C=O) groups excluding carboxylic acids is 1. The van der Waals surface area contributed by atoms with E-state index in [4.69, 9.17) is 4.42 Å². The van der Waals surface area contributed by atoms with E-state index in [1.165, 1.54) is 11.1 Å². The van der Waals surface area contributed by atoms with Crippen LogP contribution in [0.1, 0.15) is 42.0 Å². The predicted molar refractivity (Wildman–Crippen MR) is 83.6 cm³/mol. The molecule has 21 heavy (non-hydrogen) atoms. The largest absolute Gasteiger partial charge is 0.466 e. The Morgan fingerprint density at radius 1 is 1.24 bits per heavy atom. The van der Waals surface area contributed by atoms with Crippen LogP contribution in [0, 0.1) is 13.8 Å². The molecular formula is C17H20N2O2. The molecule has 0 bridgehead atoms. The Bertz CT molecular complexity index is 688. The third kappa shape index (κ3) is 2.79. The molecule has 0 aliphatic carbocycles. The molecule has 0 fully saturated rings. The maximum atomic E-state index is 11.4. The Labute approximate surface area is 124 Å². The first-order valence-electron chi connectivity index (χ1n) is 7.29. The van der Waals surface area contributed by atoms with Crippen LogP contribution in [0.15, 0.2) is 28.7 Å². The Morgan fingerprint density at radius 2 is 2.05 bits per heavy atom. The molecule has 4 nitrogen and oxygen atoms in total. The molecule has 1 aliphatic heterocycles. The third-order valence-corrected chi connectivity index (χ3v) is 3.93. The van der Waals surface area contributed by atoms with Crippen LogP contribution >= 0.6 is 0 Å². The second-order valence-corrected chi connectivity index (χ2v) is 5.65. The van der Waals surface area contributed by atoms with Gasteiger partial charge in [0, 0.05) is 23.4 Å². The summed E-state index contributed by atoms with van der Waals surface area (Å²) in [7, 11) is 0. The van der Waals surface area contributed by atoms with Crippen LogP contribution in [-0.4, -0.2) is 5.91 Å². The average molecular weight is 284 g/mol. The summed E-state index contributed by atoms with van der Waals surface area (Å²) >= 11 is 0. The maximum Gasteiger partial charge on any atom is 0.224 e. The Hall–Kier alpha value is -2.23. The van der Waals surface area contributed by atoms with E-state index in [0.29, 0.717) is 6.42 Å². The second-order valence-electron chi connectivity index (χ2n) is 5.65. The summed E-state index contributed by atoms with van der Waals surface area (Å²) in [4.78, 5) is 11.4. The number of hydrogen-bond donors (Lipinski definition) is 2.